The van der Waals surface area contributed by atoms with Gasteiger partial charge in [0.1, 0.15) is 0 Å². The first-order chi connectivity index (χ1) is 12.3. The number of amides is 2. The average molecular weight is 359 g/mol. The summed E-state index contributed by atoms with van der Waals surface area (Å²) in [5.74, 6) is 0.753. The first-order valence-electron chi connectivity index (χ1n) is 10.0. The van der Waals surface area contributed by atoms with Crippen LogP contribution >= 0.6 is 0 Å². The Kier molecular flexibility index (Phi) is 5.56. The number of fused-ring (bicyclic) bond motifs is 1. The SMILES string of the molecule is Cc1ccc2c(n1)C(C)(C)CN2C(=O)NC1CCN(CCC(C)C)CC1. The number of nitrogens with zero attached hydrogens (tertiary/aromatic N) is 3. The van der Waals surface area contributed by atoms with E-state index in [1.54, 1.807) is 0 Å². The van der Waals surface area contributed by atoms with Crippen LogP contribution < -0.4 is 10.2 Å². The Balaban J connectivity index is 1.57. The van der Waals surface area contributed by atoms with Gasteiger partial charge in [0.2, 0.25) is 0 Å². The van der Waals surface area contributed by atoms with E-state index in [2.05, 4.69) is 37.9 Å². The molecule has 0 unspecified atom stereocenters. The Morgan fingerprint density at radius 3 is 2.65 bits per heavy atom. The third kappa shape index (κ3) is 4.20. The minimum atomic E-state index is -0.0983. The van der Waals surface area contributed by atoms with E-state index in [0.717, 1.165) is 48.9 Å². The highest BCUT2D eigenvalue weighted by molar-refractivity contribution is 5.94. The maximum Gasteiger partial charge on any atom is 0.322 e. The van der Waals surface area contributed by atoms with Gasteiger partial charge in [0.05, 0.1) is 11.4 Å². The molecule has 5 nitrogen and oxygen atoms in total. The summed E-state index contributed by atoms with van der Waals surface area (Å²) in [5, 5.41) is 3.27. The van der Waals surface area contributed by atoms with Crippen molar-refractivity contribution in [3.05, 3.63) is 23.5 Å². The maximum absolute atomic E-state index is 12.9. The molecule has 0 atom stereocenters. The van der Waals surface area contributed by atoms with Crippen LogP contribution in [0.4, 0.5) is 10.5 Å². The number of aryl methyl sites for hydroxylation is 1. The van der Waals surface area contributed by atoms with Crippen molar-refractivity contribution in [2.45, 2.75) is 65.3 Å². The molecule has 0 aromatic carbocycles. The molecular weight excluding hydrogens is 324 g/mol. The molecule has 3 rings (SSSR count). The number of pyridine rings is 1. The zero-order valence-electron chi connectivity index (χ0n) is 17.0. The molecule has 5 heteroatoms. The van der Waals surface area contributed by atoms with Crippen molar-refractivity contribution in [1.29, 1.82) is 0 Å². The normalized spacial score (nSPS) is 20.5. The van der Waals surface area contributed by atoms with E-state index < -0.39 is 0 Å². The van der Waals surface area contributed by atoms with E-state index in [4.69, 9.17) is 4.98 Å². The predicted octanol–water partition coefficient (Wildman–Crippen LogP) is 3.71. The van der Waals surface area contributed by atoms with E-state index in [9.17, 15) is 4.79 Å². The van der Waals surface area contributed by atoms with E-state index >= 15 is 0 Å². The van der Waals surface area contributed by atoms with Gasteiger partial charge < -0.3 is 10.2 Å². The topological polar surface area (TPSA) is 48.5 Å². The lowest BCUT2D eigenvalue weighted by Gasteiger charge is -2.33. The number of piperidine rings is 1. The summed E-state index contributed by atoms with van der Waals surface area (Å²) in [5.41, 5.74) is 2.91. The second kappa shape index (κ2) is 7.55. The van der Waals surface area contributed by atoms with Gasteiger partial charge in [0.15, 0.2) is 0 Å². The third-order valence-corrected chi connectivity index (χ3v) is 5.68. The summed E-state index contributed by atoms with van der Waals surface area (Å²) >= 11 is 0. The molecule has 1 saturated heterocycles. The Bertz CT molecular complexity index is 647. The van der Waals surface area contributed by atoms with Crippen molar-refractivity contribution in [2.75, 3.05) is 31.1 Å². The predicted molar refractivity (Wildman–Crippen MR) is 107 cm³/mol. The molecule has 1 N–H and O–H groups in total. The molecule has 3 heterocycles. The number of nitrogens with one attached hydrogen (secondary N) is 1. The molecule has 1 aromatic rings. The van der Waals surface area contributed by atoms with Crippen LogP contribution in [0.1, 0.15) is 58.3 Å². The van der Waals surface area contributed by atoms with Crippen molar-refractivity contribution in [1.82, 2.24) is 15.2 Å². The van der Waals surface area contributed by atoms with E-state index in [1.807, 2.05) is 24.0 Å². The molecule has 0 radical (unpaired) electrons. The largest absolute Gasteiger partial charge is 0.335 e. The summed E-state index contributed by atoms with van der Waals surface area (Å²) in [6.07, 6.45) is 3.34. The summed E-state index contributed by atoms with van der Waals surface area (Å²) < 4.78 is 0. The Morgan fingerprint density at radius 2 is 2.00 bits per heavy atom. The first-order valence-corrected chi connectivity index (χ1v) is 10.0. The van der Waals surface area contributed by atoms with Crippen LogP contribution in [0.25, 0.3) is 0 Å². The fourth-order valence-corrected chi connectivity index (χ4v) is 4.00. The smallest absolute Gasteiger partial charge is 0.322 e. The molecule has 0 spiro atoms. The fraction of sp³-hybridized carbons (Fsp3) is 0.714. The second-order valence-corrected chi connectivity index (χ2v) is 9.04. The number of carbonyl (C=O) groups is 1. The number of likely N-dealkylation sites (tertiary alicyclic amines) is 1. The standard InChI is InChI=1S/C21H34N4O/c1-15(2)8-11-24-12-9-17(10-13-24)23-20(26)25-14-21(4,5)19-18(25)7-6-16(3)22-19/h6-7,15,17H,8-14H2,1-5H3,(H,23,26). The molecule has 144 valence electrons. The lowest BCUT2D eigenvalue weighted by atomic mass is 9.91. The minimum Gasteiger partial charge on any atom is -0.335 e. The summed E-state index contributed by atoms with van der Waals surface area (Å²) in [4.78, 5) is 22.0. The minimum absolute atomic E-state index is 0.0307. The van der Waals surface area contributed by atoms with Crippen LogP contribution in [0.5, 0.6) is 0 Å². The van der Waals surface area contributed by atoms with Gasteiger partial charge in [-0.25, -0.2) is 4.79 Å². The van der Waals surface area contributed by atoms with E-state index in [0.29, 0.717) is 6.54 Å². The summed E-state index contributed by atoms with van der Waals surface area (Å²) in [6.45, 7) is 14.9. The number of carbonyl (C=O) groups excluding carboxylic acids is 1. The molecule has 26 heavy (non-hydrogen) atoms. The number of anilines is 1. The lowest BCUT2D eigenvalue weighted by Crippen LogP contribution is -2.50. The molecule has 0 saturated carbocycles. The quantitative estimate of drug-likeness (QED) is 0.893. The van der Waals surface area contributed by atoms with Gasteiger partial charge >= 0.3 is 6.03 Å². The van der Waals surface area contributed by atoms with Gasteiger partial charge in [-0.05, 0) is 50.8 Å². The van der Waals surface area contributed by atoms with Crippen LogP contribution in [0.2, 0.25) is 0 Å². The monoisotopic (exact) mass is 358 g/mol. The van der Waals surface area contributed by atoms with Crippen molar-refractivity contribution in [3.63, 3.8) is 0 Å². The molecule has 2 amide bonds. The highest BCUT2D eigenvalue weighted by Gasteiger charge is 2.40. The molecule has 1 aromatic heterocycles. The zero-order chi connectivity index (χ0) is 18.9. The Labute approximate surface area is 158 Å². The summed E-state index contributed by atoms with van der Waals surface area (Å²) in [7, 11) is 0. The Hall–Kier alpha value is -1.62. The highest BCUT2D eigenvalue weighted by Crippen LogP contribution is 2.39. The lowest BCUT2D eigenvalue weighted by molar-refractivity contribution is 0.187. The average Bonchev–Trinajstić information content (AvgIpc) is 2.85. The second-order valence-electron chi connectivity index (χ2n) is 9.04. The van der Waals surface area contributed by atoms with Gasteiger partial charge in [-0.1, -0.05) is 27.7 Å². The Morgan fingerprint density at radius 1 is 1.31 bits per heavy atom. The van der Waals surface area contributed by atoms with E-state index in [-0.39, 0.29) is 17.5 Å². The van der Waals surface area contributed by atoms with Crippen LogP contribution in [-0.4, -0.2) is 48.1 Å². The molecule has 0 aliphatic carbocycles. The summed E-state index contributed by atoms with van der Waals surface area (Å²) in [6, 6.07) is 4.35. The van der Waals surface area contributed by atoms with Gasteiger partial charge in [-0.2, -0.15) is 0 Å². The maximum atomic E-state index is 12.9. The van der Waals surface area contributed by atoms with Crippen LogP contribution in [0.3, 0.4) is 0 Å². The molecule has 0 bridgehead atoms. The van der Waals surface area contributed by atoms with Gasteiger partial charge in [-0.3, -0.25) is 9.88 Å². The van der Waals surface area contributed by atoms with Crippen LogP contribution in [0, 0.1) is 12.8 Å². The highest BCUT2D eigenvalue weighted by atomic mass is 16.2. The van der Waals surface area contributed by atoms with Crippen molar-refractivity contribution < 1.29 is 4.79 Å². The van der Waals surface area contributed by atoms with Crippen LogP contribution in [-0.2, 0) is 5.41 Å². The molecule has 2 aliphatic heterocycles. The molecule has 1 fully saturated rings. The van der Waals surface area contributed by atoms with Gasteiger partial charge in [0.25, 0.3) is 0 Å². The number of aromatic nitrogens is 1. The van der Waals surface area contributed by atoms with Crippen molar-refractivity contribution in [2.24, 2.45) is 5.92 Å². The van der Waals surface area contributed by atoms with Gasteiger partial charge in [-0.15, -0.1) is 0 Å². The zero-order valence-corrected chi connectivity index (χ0v) is 17.0. The van der Waals surface area contributed by atoms with Crippen molar-refractivity contribution in [3.8, 4) is 0 Å². The number of urea groups is 1. The first kappa shape index (κ1) is 19.2. The molecule has 2 aliphatic rings. The van der Waals surface area contributed by atoms with E-state index in [1.165, 1.54) is 13.0 Å². The van der Waals surface area contributed by atoms with Crippen LogP contribution in [0.15, 0.2) is 12.1 Å². The number of hydrogen-bond acceptors (Lipinski definition) is 3. The van der Waals surface area contributed by atoms with Gasteiger partial charge in [0, 0.05) is 36.8 Å². The third-order valence-electron chi connectivity index (χ3n) is 5.68. The number of hydrogen-bond donors (Lipinski definition) is 1. The number of rotatable bonds is 4. The molecular formula is C21H34N4O. The fourth-order valence-electron chi connectivity index (χ4n) is 4.00. The van der Waals surface area contributed by atoms with Crippen molar-refractivity contribution >= 4 is 11.7 Å².